The van der Waals surface area contributed by atoms with E-state index in [2.05, 4.69) is 10.9 Å². The standard InChI is InChI=1S/C8H20N4/c9-11-7-5-3-1-2-4-6-8-12-10/h5,7,11-12H,1-4,6,8-10H2. The summed E-state index contributed by atoms with van der Waals surface area (Å²) in [5, 5.41) is 0. The van der Waals surface area contributed by atoms with Gasteiger partial charge in [0.05, 0.1) is 0 Å². The fourth-order valence-corrected chi connectivity index (χ4v) is 0.994. The summed E-state index contributed by atoms with van der Waals surface area (Å²) < 4.78 is 0. The number of nitrogens with two attached hydrogens (primary N) is 2. The van der Waals surface area contributed by atoms with Crippen LogP contribution in [-0.2, 0) is 0 Å². The first kappa shape index (κ1) is 11.4. The van der Waals surface area contributed by atoms with Crippen LogP contribution in [0.1, 0.15) is 32.1 Å². The fraction of sp³-hybridized carbons (Fsp3) is 0.750. The molecule has 0 rings (SSSR count). The second-order valence-corrected chi connectivity index (χ2v) is 2.73. The Kier molecular flexibility index (Phi) is 9.92. The minimum Gasteiger partial charge on any atom is -0.332 e. The zero-order valence-electron chi connectivity index (χ0n) is 7.55. The Balaban J connectivity index is 2.86. The van der Waals surface area contributed by atoms with Gasteiger partial charge in [0.15, 0.2) is 0 Å². The lowest BCUT2D eigenvalue weighted by atomic mass is 10.1. The van der Waals surface area contributed by atoms with Crippen LogP contribution in [-0.4, -0.2) is 6.54 Å². The van der Waals surface area contributed by atoms with Gasteiger partial charge >= 0.3 is 0 Å². The second-order valence-electron chi connectivity index (χ2n) is 2.73. The number of rotatable bonds is 8. The molecule has 0 unspecified atom stereocenters. The van der Waals surface area contributed by atoms with Crippen molar-refractivity contribution in [3.05, 3.63) is 12.3 Å². The summed E-state index contributed by atoms with van der Waals surface area (Å²) in [6.07, 6.45) is 9.80. The summed E-state index contributed by atoms with van der Waals surface area (Å²) in [5.41, 5.74) is 5.11. The highest BCUT2D eigenvalue weighted by Crippen LogP contribution is 2.02. The van der Waals surface area contributed by atoms with Crippen molar-refractivity contribution in [3.8, 4) is 0 Å². The third kappa shape index (κ3) is 9.42. The topological polar surface area (TPSA) is 76.1 Å². The normalized spacial score (nSPS) is 10.8. The van der Waals surface area contributed by atoms with Crippen LogP contribution in [0.4, 0.5) is 0 Å². The van der Waals surface area contributed by atoms with Crippen LogP contribution in [0.25, 0.3) is 0 Å². The maximum absolute atomic E-state index is 5.13. The van der Waals surface area contributed by atoms with Crippen LogP contribution in [0.3, 0.4) is 0 Å². The van der Waals surface area contributed by atoms with Crippen LogP contribution in [0.2, 0.25) is 0 Å². The molecule has 0 aliphatic carbocycles. The lowest BCUT2D eigenvalue weighted by molar-refractivity contribution is 0.602. The third-order valence-corrected chi connectivity index (χ3v) is 1.66. The van der Waals surface area contributed by atoms with Crippen LogP contribution in [0.5, 0.6) is 0 Å². The van der Waals surface area contributed by atoms with Crippen molar-refractivity contribution in [2.24, 2.45) is 11.7 Å². The molecule has 0 bridgehead atoms. The molecule has 12 heavy (non-hydrogen) atoms. The van der Waals surface area contributed by atoms with Gasteiger partial charge in [0, 0.05) is 12.7 Å². The predicted molar refractivity (Wildman–Crippen MR) is 51.7 cm³/mol. The van der Waals surface area contributed by atoms with Gasteiger partial charge in [0.25, 0.3) is 0 Å². The molecule has 0 spiro atoms. The first-order valence-electron chi connectivity index (χ1n) is 4.46. The first-order chi connectivity index (χ1) is 5.91. The molecule has 0 aromatic carbocycles. The molecule has 0 saturated heterocycles. The summed E-state index contributed by atoms with van der Waals surface area (Å²) in [6, 6.07) is 0. The smallest absolute Gasteiger partial charge is 0.00974 e. The zero-order chi connectivity index (χ0) is 9.07. The van der Waals surface area contributed by atoms with E-state index in [4.69, 9.17) is 11.7 Å². The molecular weight excluding hydrogens is 152 g/mol. The van der Waals surface area contributed by atoms with E-state index in [0.717, 1.165) is 19.4 Å². The number of hydrogen-bond donors (Lipinski definition) is 4. The molecular formula is C8H20N4. The number of hydrazine groups is 2. The van der Waals surface area contributed by atoms with Gasteiger partial charge in [-0.25, -0.2) is 0 Å². The summed E-state index contributed by atoms with van der Waals surface area (Å²) in [5.74, 6) is 10.2. The summed E-state index contributed by atoms with van der Waals surface area (Å²) in [4.78, 5) is 0. The maximum atomic E-state index is 5.13. The Bertz CT molecular complexity index is 103. The SMILES string of the molecule is NNC=CCCCCCCNN. The molecule has 0 radical (unpaired) electrons. The van der Waals surface area contributed by atoms with E-state index in [0.29, 0.717) is 0 Å². The highest BCUT2D eigenvalue weighted by Gasteiger charge is 1.86. The molecule has 0 atom stereocenters. The molecule has 4 nitrogen and oxygen atoms in total. The Hall–Kier alpha value is -0.580. The zero-order valence-corrected chi connectivity index (χ0v) is 7.55. The Labute approximate surface area is 74.3 Å². The molecule has 4 heteroatoms. The van der Waals surface area contributed by atoms with E-state index >= 15 is 0 Å². The summed E-state index contributed by atoms with van der Waals surface area (Å²) >= 11 is 0. The lowest BCUT2D eigenvalue weighted by Gasteiger charge is -1.98. The summed E-state index contributed by atoms with van der Waals surface area (Å²) in [7, 11) is 0. The van der Waals surface area contributed by atoms with Gasteiger partial charge < -0.3 is 5.43 Å². The van der Waals surface area contributed by atoms with Gasteiger partial charge in [0.2, 0.25) is 0 Å². The molecule has 72 valence electrons. The Morgan fingerprint density at radius 1 is 1.00 bits per heavy atom. The largest absolute Gasteiger partial charge is 0.332 e. The van der Waals surface area contributed by atoms with E-state index in [9.17, 15) is 0 Å². The Morgan fingerprint density at radius 2 is 1.75 bits per heavy atom. The van der Waals surface area contributed by atoms with E-state index < -0.39 is 0 Å². The average molecular weight is 172 g/mol. The maximum Gasteiger partial charge on any atom is 0.00974 e. The van der Waals surface area contributed by atoms with Crippen molar-refractivity contribution in [2.45, 2.75) is 32.1 Å². The molecule has 0 aromatic heterocycles. The predicted octanol–water partition coefficient (Wildman–Crippen LogP) is 0.377. The first-order valence-corrected chi connectivity index (χ1v) is 4.46. The van der Waals surface area contributed by atoms with Crippen molar-refractivity contribution in [3.63, 3.8) is 0 Å². The van der Waals surface area contributed by atoms with Gasteiger partial charge in [-0.1, -0.05) is 18.9 Å². The van der Waals surface area contributed by atoms with E-state index in [1.165, 1.54) is 19.3 Å². The van der Waals surface area contributed by atoms with Gasteiger partial charge in [-0.3, -0.25) is 17.1 Å². The minimum absolute atomic E-state index is 0.917. The average Bonchev–Trinajstić information content (AvgIpc) is 2.10. The monoisotopic (exact) mass is 172 g/mol. The highest BCUT2D eigenvalue weighted by molar-refractivity contribution is 4.76. The van der Waals surface area contributed by atoms with Crippen LogP contribution < -0.4 is 22.5 Å². The van der Waals surface area contributed by atoms with E-state index in [1.807, 2.05) is 6.08 Å². The molecule has 0 aliphatic rings. The van der Waals surface area contributed by atoms with Gasteiger partial charge in [-0.15, -0.1) is 0 Å². The number of nitrogens with one attached hydrogen (secondary N) is 2. The molecule has 0 aliphatic heterocycles. The second kappa shape index (κ2) is 10.4. The van der Waals surface area contributed by atoms with Gasteiger partial charge in [-0.2, -0.15) is 0 Å². The quantitative estimate of drug-likeness (QED) is 0.242. The molecule has 0 saturated carbocycles. The lowest BCUT2D eigenvalue weighted by Crippen LogP contribution is -2.22. The van der Waals surface area contributed by atoms with Crippen LogP contribution in [0, 0.1) is 0 Å². The van der Waals surface area contributed by atoms with Crippen LogP contribution in [0.15, 0.2) is 12.3 Å². The molecule has 6 N–H and O–H groups in total. The fourth-order valence-electron chi connectivity index (χ4n) is 0.994. The van der Waals surface area contributed by atoms with Gasteiger partial charge in [-0.05, 0) is 19.3 Å². The van der Waals surface area contributed by atoms with Crippen molar-refractivity contribution >= 4 is 0 Å². The molecule has 0 heterocycles. The third-order valence-electron chi connectivity index (χ3n) is 1.66. The van der Waals surface area contributed by atoms with Crippen molar-refractivity contribution in [1.82, 2.24) is 10.9 Å². The van der Waals surface area contributed by atoms with Crippen molar-refractivity contribution < 1.29 is 0 Å². The van der Waals surface area contributed by atoms with Crippen LogP contribution >= 0.6 is 0 Å². The molecule has 0 aromatic rings. The Morgan fingerprint density at radius 3 is 2.42 bits per heavy atom. The number of allylic oxidation sites excluding steroid dienone is 1. The number of unbranched alkanes of at least 4 members (excludes halogenated alkanes) is 4. The van der Waals surface area contributed by atoms with Crippen molar-refractivity contribution in [2.75, 3.05) is 6.54 Å². The molecule has 0 fully saturated rings. The summed E-state index contributed by atoms with van der Waals surface area (Å²) in [6.45, 7) is 0.917. The minimum atomic E-state index is 0.917. The molecule has 0 amide bonds. The van der Waals surface area contributed by atoms with Gasteiger partial charge in [0.1, 0.15) is 0 Å². The van der Waals surface area contributed by atoms with E-state index in [1.54, 1.807) is 6.20 Å². The van der Waals surface area contributed by atoms with E-state index in [-0.39, 0.29) is 0 Å². The highest BCUT2D eigenvalue weighted by atomic mass is 15.2. The number of hydrogen-bond acceptors (Lipinski definition) is 4. The van der Waals surface area contributed by atoms with Crippen molar-refractivity contribution in [1.29, 1.82) is 0 Å².